The summed E-state index contributed by atoms with van der Waals surface area (Å²) in [5.41, 5.74) is 6.64. The van der Waals surface area contributed by atoms with Crippen molar-refractivity contribution in [3.05, 3.63) is 70.7 Å². The number of nitrogens with one attached hydrogen (secondary N) is 3. The Morgan fingerprint density at radius 2 is 1.42 bits per heavy atom. The molecule has 2 rings (SSSR count). The molecule has 124 valence electrons. The molecule has 2 amide bonds. The molecule has 0 aliphatic rings. The monoisotopic (exact) mass is 361 g/mol. The van der Waals surface area contributed by atoms with Gasteiger partial charge >= 0.3 is 0 Å². The molecule has 0 heterocycles. The molecule has 0 aliphatic heterocycles. The number of carbonyl (C=O) groups is 2. The fourth-order valence-corrected chi connectivity index (χ4v) is 2.23. The third-order valence-corrected chi connectivity index (χ3v) is 3.51. The SMILES string of the molecule is O=C(Cc1ccc(Cl)cc1)NNC(=S)NC(=O)Cc1ccccc1. The van der Waals surface area contributed by atoms with Crippen LogP contribution >= 0.6 is 23.8 Å². The van der Waals surface area contributed by atoms with Gasteiger partial charge in [-0.25, -0.2) is 0 Å². The summed E-state index contributed by atoms with van der Waals surface area (Å²) in [4.78, 5) is 23.6. The van der Waals surface area contributed by atoms with Crippen LogP contribution in [0.2, 0.25) is 5.02 Å². The maximum atomic E-state index is 11.8. The first kappa shape index (κ1) is 17.9. The van der Waals surface area contributed by atoms with E-state index in [0.717, 1.165) is 11.1 Å². The van der Waals surface area contributed by atoms with Crippen molar-refractivity contribution in [1.29, 1.82) is 0 Å². The zero-order valence-corrected chi connectivity index (χ0v) is 14.3. The lowest BCUT2D eigenvalue weighted by Gasteiger charge is -2.11. The molecule has 0 saturated carbocycles. The number of thiocarbonyl (C=S) groups is 1. The van der Waals surface area contributed by atoms with Crippen LogP contribution in [-0.2, 0) is 22.4 Å². The lowest BCUT2D eigenvalue weighted by atomic mass is 10.1. The quantitative estimate of drug-likeness (QED) is 0.576. The average molecular weight is 362 g/mol. The van der Waals surface area contributed by atoms with Crippen molar-refractivity contribution < 1.29 is 9.59 Å². The van der Waals surface area contributed by atoms with E-state index in [2.05, 4.69) is 16.2 Å². The van der Waals surface area contributed by atoms with Crippen LogP contribution < -0.4 is 16.2 Å². The number of hydrogen-bond acceptors (Lipinski definition) is 3. The Balaban J connectivity index is 1.71. The first-order chi connectivity index (χ1) is 11.5. The molecule has 0 spiro atoms. The van der Waals surface area contributed by atoms with Crippen LogP contribution in [0, 0.1) is 0 Å². The van der Waals surface area contributed by atoms with E-state index in [1.165, 1.54) is 0 Å². The second-order valence-electron chi connectivity index (χ2n) is 5.02. The smallest absolute Gasteiger partial charge is 0.242 e. The van der Waals surface area contributed by atoms with E-state index in [0.29, 0.717) is 5.02 Å². The highest BCUT2D eigenvalue weighted by molar-refractivity contribution is 7.80. The molecule has 0 saturated heterocycles. The maximum absolute atomic E-state index is 11.8. The standard InChI is InChI=1S/C17H16ClN3O2S/c18-14-8-6-13(7-9-14)11-16(23)20-21-17(24)19-15(22)10-12-4-2-1-3-5-12/h1-9H,10-11H2,(H,20,23)(H2,19,21,22,24). The van der Waals surface area contributed by atoms with Crippen LogP contribution in [-0.4, -0.2) is 16.9 Å². The highest BCUT2D eigenvalue weighted by atomic mass is 35.5. The molecule has 2 aromatic rings. The van der Waals surface area contributed by atoms with Crippen LogP contribution in [0.3, 0.4) is 0 Å². The first-order valence-corrected chi connectivity index (χ1v) is 7.98. The molecule has 5 nitrogen and oxygen atoms in total. The average Bonchev–Trinajstić information content (AvgIpc) is 2.56. The van der Waals surface area contributed by atoms with E-state index in [-0.39, 0.29) is 29.8 Å². The van der Waals surface area contributed by atoms with Crippen molar-refractivity contribution in [3.8, 4) is 0 Å². The third-order valence-electron chi connectivity index (χ3n) is 3.05. The molecule has 24 heavy (non-hydrogen) atoms. The zero-order valence-electron chi connectivity index (χ0n) is 12.7. The third kappa shape index (κ3) is 6.36. The van der Waals surface area contributed by atoms with Crippen LogP contribution in [0.15, 0.2) is 54.6 Å². The van der Waals surface area contributed by atoms with Gasteiger partial charge in [0.05, 0.1) is 12.8 Å². The molecule has 0 unspecified atom stereocenters. The molecule has 0 aromatic heterocycles. The van der Waals surface area contributed by atoms with Crippen molar-refractivity contribution in [1.82, 2.24) is 16.2 Å². The Kier molecular flexibility index (Phi) is 6.72. The zero-order chi connectivity index (χ0) is 17.4. The Bertz CT molecular complexity index is 720. The molecule has 0 fully saturated rings. The molecule has 0 bridgehead atoms. The van der Waals surface area contributed by atoms with E-state index in [1.54, 1.807) is 24.3 Å². The van der Waals surface area contributed by atoms with Crippen molar-refractivity contribution in [2.75, 3.05) is 0 Å². The van der Waals surface area contributed by atoms with Gasteiger partial charge in [0.1, 0.15) is 0 Å². The predicted molar refractivity (Wildman–Crippen MR) is 97.3 cm³/mol. The highest BCUT2D eigenvalue weighted by Gasteiger charge is 2.07. The van der Waals surface area contributed by atoms with Crippen LogP contribution in [0.25, 0.3) is 0 Å². The number of hydrogen-bond donors (Lipinski definition) is 3. The van der Waals surface area contributed by atoms with Crippen LogP contribution in [0.5, 0.6) is 0 Å². The van der Waals surface area contributed by atoms with E-state index < -0.39 is 0 Å². The van der Waals surface area contributed by atoms with Gasteiger partial charge in [-0.3, -0.25) is 20.4 Å². The summed E-state index contributed by atoms with van der Waals surface area (Å²) in [5, 5.41) is 3.16. The van der Waals surface area contributed by atoms with E-state index >= 15 is 0 Å². The summed E-state index contributed by atoms with van der Waals surface area (Å²) < 4.78 is 0. The van der Waals surface area contributed by atoms with Gasteiger partial charge in [0, 0.05) is 5.02 Å². The number of carbonyl (C=O) groups excluding carboxylic acids is 2. The summed E-state index contributed by atoms with van der Waals surface area (Å²) in [6.07, 6.45) is 0.381. The summed E-state index contributed by atoms with van der Waals surface area (Å²) in [5.74, 6) is -0.539. The molecular weight excluding hydrogens is 346 g/mol. The van der Waals surface area contributed by atoms with Gasteiger partial charge in [0.25, 0.3) is 0 Å². The lowest BCUT2D eigenvalue weighted by Crippen LogP contribution is -2.49. The second kappa shape index (κ2) is 9.00. The Hall–Kier alpha value is -2.44. The normalized spacial score (nSPS) is 9.88. The van der Waals surface area contributed by atoms with Gasteiger partial charge in [-0.15, -0.1) is 0 Å². The fraction of sp³-hybridized carbons (Fsp3) is 0.118. The summed E-state index contributed by atoms with van der Waals surface area (Å²) in [6, 6.07) is 16.3. The van der Waals surface area contributed by atoms with Gasteiger partial charge in [0.15, 0.2) is 5.11 Å². The first-order valence-electron chi connectivity index (χ1n) is 7.20. The molecule has 3 N–H and O–H groups in total. The number of hydrazine groups is 1. The van der Waals surface area contributed by atoms with Crippen molar-refractivity contribution in [3.63, 3.8) is 0 Å². The van der Waals surface area contributed by atoms with Crippen LogP contribution in [0.4, 0.5) is 0 Å². The van der Waals surface area contributed by atoms with E-state index in [1.807, 2.05) is 30.3 Å². The van der Waals surface area contributed by atoms with Gasteiger partial charge in [0.2, 0.25) is 11.8 Å². The largest absolute Gasteiger partial charge is 0.302 e. The summed E-state index contributed by atoms with van der Waals surface area (Å²) in [6.45, 7) is 0. The topological polar surface area (TPSA) is 70.2 Å². The Labute approximate surface area is 150 Å². The Morgan fingerprint density at radius 3 is 2.08 bits per heavy atom. The van der Waals surface area contributed by atoms with E-state index in [4.69, 9.17) is 23.8 Å². The maximum Gasteiger partial charge on any atom is 0.242 e. The number of rotatable bonds is 4. The molecule has 0 aliphatic carbocycles. The minimum atomic E-state index is -0.281. The second-order valence-corrected chi connectivity index (χ2v) is 5.86. The number of halogens is 1. The van der Waals surface area contributed by atoms with Gasteiger partial charge in [-0.2, -0.15) is 0 Å². The summed E-state index contributed by atoms with van der Waals surface area (Å²) in [7, 11) is 0. The van der Waals surface area contributed by atoms with Crippen molar-refractivity contribution >= 4 is 40.7 Å². The molecular formula is C17H16ClN3O2S. The minimum Gasteiger partial charge on any atom is -0.302 e. The molecule has 7 heteroatoms. The fourth-order valence-electron chi connectivity index (χ4n) is 1.94. The predicted octanol–water partition coefficient (Wildman–Crippen LogP) is 2.15. The van der Waals surface area contributed by atoms with E-state index in [9.17, 15) is 9.59 Å². The van der Waals surface area contributed by atoms with Gasteiger partial charge in [-0.1, -0.05) is 54.1 Å². The Morgan fingerprint density at radius 1 is 0.833 bits per heavy atom. The lowest BCUT2D eigenvalue weighted by molar-refractivity contribution is -0.121. The number of benzene rings is 2. The van der Waals surface area contributed by atoms with Gasteiger partial charge < -0.3 is 5.32 Å². The van der Waals surface area contributed by atoms with Crippen molar-refractivity contribution in [2.45, 2.75) is 12.8 Å². The highest BCUT2D eigenvalue weighted by Crippen LogP contribution is 2.09. The minimum absolute atomic E-state index is 0.0420. The van der Waals surface area contributed by atoms with Crippen LogP contribution in [0.1, 0.15) is 11.1 Å². The van der Waals surface area contributed by atoms with Gasteiger partial charge in [-0.05, 0) is 35.5 Å². The molecule has 0 atom stereocenters. The molecule has 2 aromatic carbocycles. The molecule has 0 radical (unpaired) electrons. The van der Waals surface area contributed by atoms with Crippen molar-refractivity contribution in [2.24, 2.45) is 0 Å². The number of amides is 2. The summed E-state index contributed by atoms with van der Waals surface area (Å²) >= 11 is 10.8.